The van der Waals surface area contributed by atoms with Gasteiger partial charge in [-0.15, -0.1) is 5.10 Å². The largest absolute Gasteiger partial charge is 0.455 e. The molecule has 0 atom stereocenters. The normalized spacial score (nSPS) is 12.9. The predicted molar refractivity (Wildman–Crippen MR) is 117 cm³/mol. The lowest BCUT2D eigenvalue weighted by Crippen LogP contribution is -2.36. The third-order valence-electron chi connectivity index (χ3n) is 5.38. The fourth-order valence-electron chi connectivity index (χ4n) is 3.68. The maximum Gasteiger partial charge on any atom is 0.410 e. The third kappa shape index (κ3) is 4.34. The van der Waals surface area contributed by atoms with Crippen molar-refractivity contribution in [2.45, 2.75) is 19.6 Å². The molecule has 1 aliphatic heterocycles. The van der Waals surface area contributed by atoms with Crippen molar-refractivity contribution in [3.05, 3.63) is 89.5 Å². The fraction of sp³-hybridized carbons (Fsp3) is 0.208. The first-order chi connectivity index (χ1) is 15.8. The number of hydrogen-bond donors (Lipinski definition) is 0. The Morgan fingerprint density at radius 3 is 2.72 bits per heavy atom. The number of hydrogen-bond acceptors (Lipinski definition) is 6. The van der Waals surface area contributed by atoms with Crippen molar-refractivity contribution in [2.24, 2.45) is 0 Å². The van der Waals surface area contributed by atoms with Crippen molar-refractivity contribution in [3.63, 3.8) is 0 Å². The van der Waals surface area contributed by atoms with Gasteiger partial charge in [0, 0.05) is 13.1 Å². The van der Waals surface area contributed by atoms with Crippen LogP contribution in [0.25, 0.3) is 11.0 Å². The van der Waals surface area contributed by atoms with Gasteiger partial charge in [-0.3, -0.25) is 0 Å². The maximum absolute atomic E-state index is 12.5. The van der Waals surface area contributed by atoms with Gasteiger partial charge in [0.25, 0.3) is 6.79 Å². The number of amides is 1. The van der Waals surface area contributed by atoms with Crippen LogP contribution < -0.4 is 9.57 Å². The molecular formula is C24H22N4O4. The molecule has 0 saturated heterocycles. The van der Waals surface area contributed by atoms with Crippen LogP contribution in [0, 0.1) is 0 Å². The van der Waals surface area contributed by atoms with Crippen LogP contribution in [0.5, 0.6) is 5.75 Å². The summed E-state index contributed by atoms with van der Waals surface area (Å²) in [6.45, 7) is 1.35. The van der Waals surface area contributed by atoms with Gasteiger partial charge in [0.15, 0.2) is 0 Å². The van der Waals surface area contributed by atoms with E-state index in [0.717, 1.165) is 28.6 Å². The first-order valence-corrected chi connectivity index (χ1v) is 10.4. The van der Waals surface area contributed by atoms with Crippen molar-refractivity contribution < 1.29 is 19.1 Å². The van der Waals surface area contributed by atoms with Crippen LogP contribution in [0.1, 0.15) is 16.7 Å². The van der Waals surface area contributed by atoms with Crippen molar-refractivity contribution in [3.8, 4) is 5.75 Å². The number of ether oxygens (including phenoxy) is 2. The van der Waals surface area contributed by atoms with Crippen LogP contribution in [0.4, 0.5) is 4.79 Å². The maximum atomic E-state index is 12.5. The minimum atomic E-state index is -0.313. The number of nitrogens with zero attached hydrogens (tertiary/aromatic N) is 4. The Labute approximate surface area is 184 Å². The van der Waals surface area contributed by atoms with Gasteiger partial charge >= 0.3 is 6.09 Å². The van der Waals surface area contributed by atoms with Gasteiger partial charge in [-0.25, -0.2) is 4.79 Å². The SMILES string of the molecule is O=C(OCc1ccccc1)N1CCc2ccc(OCOn3nnc4ccccc43)cc2C1. The average Bonchev–Trinajstić information content (AvgIpc) is 3.26. The third-order valence-corrected chi connectivity index (χ3v) is 5.38. The monoisotopic (exact) mass is 430 g/mol. The molecule has 8 nitrogen and oxygen atoms in total. The van der Waals surface area contributed by atoms with E-state index >= 15 is 0 Å². The van der Waals surface area contributed by atoms with Gasteiger partial charge in [0.05, 0.1) is 0 Å². The Bertz CT molecular complexity index is 1230. The zero-order valence-electron chi connectivity index (χ0n) is 17.4. The number of rotatable bonds is 6. The highest BCUT2D eigenvalue weighted by molar-refractivity contribution is 5.73. The molecule has 2 heterocycles. The molecule has 0 aliphatic carbocycles. The molecule has 5 rings (SSSR count). The highest BCUT2D eigenvalue weighted by Gasteiger charge is 2.22. The Balaban J connectivity index is 1.17. The van der Waals surface area contributed by atoms with Gasteiger partial charge in [0.2, 0.25) is 0 Å². The molecule has 1 aromatic heterocycles. The number of aromatic nitrogens is 3. The topological polar surface area (TPSA) is 78.7 Å². The van der Waals surface area contributed by atoms with E-state index in [9.17, 15) is 4.79 Å². The zero-order valence-corrected chi connectivity index (χ0v) is 17.4. The molecule has 8 heteroatoms. The molecule has 0 bridgehead atoms. The molecule has 0 spiro atoms. The predicted octanol–water partition coefficient (Wildman–Crippen LogP) is 3.59. The number of para-hydroxylation sites is 1. The molecule has 32 heavy (non-hydrogen) atoms. The van der Waals surface area contributed by atoms with Crippen molar-refractivity contribution in [1.29, 1.82) is 0 Å². The quantitative estimate of drug-likeness (QED) is 0.435. The molecule has 1 amide bonds. The summed E-state index contributed by atoms with van der Waals surface area (Å²) in [4.78, 5) is 21.2. The van der Waals surface area contributed by atoms with E-state index in [0.29, 0.717) is 18.8 Å². The summed E-state index contributed by atoms with van der Waals surface area (Å²) in [5.74, 6) is 0.660. The molecule has 0 fully saturated rings. The summed E-state index contributed by atoms with van der Waals surface area (Å²) < 4.78 is 11.2. The van der Waals surface area contributed by atoms with Gasteiger partial charge in [-0.1, -0.05) is 53.4 Å². The summed E-state index contributed by atoms with van der Waals surface area (Å²) >= 11 is 0. The summed E-state index contributed by atoms with van der Waals surface area (Å²) in [7, 11) is 0. The van der Waals surface area contributed by atoms with Crippen LogP contribution in [-0.4, -0.2) is 39.5 Å². The van der Waals surface area contributed by atoms with Gasteiger partial charge in [-0.2, -0.15) is 0 Å². The highest BCUT2D eigenvalue weighted by atomic mass is 16.8. The minimum Gasteiger partial charge on any atom is -0.455 e. The van der Waals surface area contributed by atoms with Crippen LogP contribution >= 0.6 is 0 Å². The van der Waals surface area contributed by atoms with Gasteiger partial charge < -0.3 is 19.2 Å². The molecule has 3 aromatic carbocycles. The second-order valence-electron chi connectivity index (χ2n) is 7.48. The van der Waals surface area contributed by atoms with Crippen LogP contribution in [0.15, 0.2) is 72.8 Å². The smallest absolute Gasteiger partial charge is 0.410 e. The first-order valence-electron chi connectivity index (χ1n) is 10.4. The molecule has 4 aromatic rings. The van der Waals surface area contributed by atoms with E-state index in [2.05, 4.69) is 10.3 Å². The number of carbonyl (C=O) groups excluding carboxylic acids is 1. The second-order valence-corrected chi connectivity index (χ2v) is 7.48. The van der Waals surface area contributed by atoms with Crippen LogP contribution in [0.3, 0.4) is 0 Å². The van der Waals surface area contributed by atoms with Gasteiger partial charge in [0.1, 0.15) is 23.4 Å². The van der Waals surface area contributed by atoms with E-state index in [1.807, 2.05) is 72.8 Å². The molecule has 162 valence electrons. The molecular weight excluding hydrogens is 408 g/mol. The summed E-state index contributed by atoms with van der Waals surface area (Å²) in [5, 5.41) is 8.02. The Morgan fingerprint density at radius 1 is 0.969 bits per heavy atom. The van der Waals surface area contributed by atoms with Crippen LogP contribution in [0.2, 0.25) is 0 Å². The van der Waals surface area contributed by atoms with Crippen molar-refractivity contribution in [2.75, 3.05) is 13.3 Å². The number of fused-ring (bicyclic) bond motifs is 2. The average molecular weight is 430 g/mol. The zero-order chi connectivity index (χ0) is 21.8. The van der Waals surface area contributed by atoms with E-state index in [4.69, 9.17) is 14.3 Å². The highest BCUT2D eigenvalue weighted by Crippen LogP contribution is 2.24. The standard InChI is InChI=1S/C24H22N4O4/c29-24(30-16-18-6-2-1-3-7-18)27-13-12-19-10-11-21(14-20(19)15-27)31-17-32-28-23-9-5-4-8-22(23)25-26-28/h1-11,14H,12-13,15-17H2. The van der Waals surface area contributed by atoms with E-state index in [1.165, 1.54) is 10.4 Å². The number of carbonyl (C=O) groups is 1. The summed E-state index contributed by atoms with van der Waals surface area (Å²) in [5.41, 5.74) is 4.73. The van der Waals surface area contributed by atoms with Crippen molar-refractivity contribution in [1.82, 2.24) is 20.1 Å². The molecule has 1 aliphatic rings. The second kappa shape index (κ2) is 8.97. The Hall–Kier alpha value is -4.07. The Kier molecular flexibility index (Phi) is 5.57. The summed E-state index contributed by atoms with van der Waals surface area (Å²) in [6, 6.07) is 23.1. The molecule has 0 N–H and O–H groups in total. The minimum absolute atomic E-state index is 0.0189. The van der Waals surface area contributed by atoms with E-state index < -0.39 is 0 Å². The first kappa shape index (κ1) is 19.9. The van der Waals surface area contributed by atoms with Crippen LogP contribution in [-0.2, 0) is 24.3 Å². The molecule has 0 saturated carbocycles. The van der Waals surface area contributed by atoms with Crippen molar-refractivity contribution >= 4 is 17.1 Å². The summed E-state index contributed by atoms with van der Waals surface area (Å²) in [6.07, 6.45) is 0.463. The lowest BCUT2D eigenvalue weighted by molar-refractivity contribution is -0.00938. The van der Waals surface area contributed by atoms with Gasteiger partial charge in [-0.05, 0) is 52.6 Å². The van der Waals surface area contributed by atoms with E-state index in [1.54, 1.807) is 4.90 Å². The molecule has 0 unspecified atom stereocenters. The fourth-order valence-corrected chi connectivity index (χ4v) is 3.68. The Morgan fingerprint density at radius 2 is 1.81 bits per heavy atom. The lowest BCUT2D eigenvalue weighted by atomic mass is 10.00. The lowest BCUT2D eigenvalue weighted by Gasteiger charge is -2.28. The van der Waals surface area contributed by atoms with E-state index in [-0.39, 0.29) is 19.5 Å². The number of benzene rings is 3. The molecule has 0 radical (unpaired) electrons.